The molecule has 0 heterocycles. The van der Waals surface area contributed by atoms with Crippen LogP contribution in [0.15, 0.2) is 28.7 Å². The lowest BCUT2D eigenvalue weighted by Crippen LogP contribution is -2.26. The van der Waals surface area contributed by atoms with Crippen LogP contribution in [0.25, 0.3) is 0 Å². The summed E-state index contributed by atoms with van der Waals surface area (Å²) in [7, 11) is 0. The monoisotopic (exact) mass is 295 g/mol. The maximum absolute atomic E-state index is 12.3. The first kappa shape index (κ1) is 13.5. The van der Waals surface area contributed by atoms with Gasteiger partial charge in [0.2, 0.25) is 0 Å². The zero-order valence-electron chi connectivity index (χ0n) is 8.81. The highest BCUT2D eigenvalue weighted by Crippen LogP contribution is 2.29. The standard InChI is InChI=1S/C11H13BrF3N/c1-2-16-10(7-11(13,14)15)8-3-5-9(12)6-4-8/h3-6,10,16H,2,7H2,1H3. The number of nitrogens with one attached hydrogen (secondary N) is 1. The molecule has 0 saturated heterocycles. The average Bonchev–Trinajstić information content (AvgIpc) is 2.16. The largest absolute Gasteiger partial charge is 0.390 e. The van der Waals surface area contributed by atoms with E-state index >= 15 is 0 Å². The summed E-state index contributed by atoms with van der Waals surface area (Å²) >= 11 is 3.25. The first-order chi connectivity index (χ1) is 7.42. The predicted molar refractivity (Wildman–Crippen MR) is 61.2 cm³/mol. The summed E-state index contributed by atoms with van der Waals surface area (Å²) in [5.74, 6) is 0. The molecule has 1 atom stereocenters. The Morgan fingerprint density at radius 2 is 1.81 bits per heavy atom. The summed E-state index contributed by atoms with van der Waals surface area (Å²) in [5.41, 5.74) is 0.655. The first-order valence-electron chi connectivity index (χ1n) is 4.98. The van der Waals surface area contributed by atoms with Crippen LogP contribution in [-0.4, -0.2) is 12.7 Å². The fraction of sp³-hybridized carbons (Fsp3) is 0.455. The van der Waals surface area contributed by atoms with Crippen LogP contribution in [-0.2, 0) is 0 Å². The highest BCUT2D eigenvalue weighted by Gasteiger charge is 2.32. The van der Waals surface area contributed by atoms with Crippen LogP contribution in [0.1, 0.15) is 24.9 Å². The highest BCUT2D eigenvalue weighted by atomic mass is 79.9. The molecule has 1 unspecified atom stereocenters. The predicted octanol–water partition coefficient (Wildman–Crippen LogP) is 4.05. The highest BCUT2D eigenvalue weighted by molar-refractivity contribution is 9.10. The Hall–Kier alpha value is -0.550. The van der Waals surface area contributed by atoms with Crippen LogP contribution in [0.5, 0.6) is 0 Å². The summed E-state index contributed by atoms with van der Waals surface area (Å²) in [5, 5.41) is 2.84. The SMILES string of the molecule is CCNC(CC(F)(F)F)c1ccc(Br)cc1. The summed E-state index contributed by atoms with van der Waals surface area (Å²) in [6.45, 7) is 2.30. The third-order valence-electron chi connectivity index (χ3n) is 2.16. The van der Waals surface area contributed by atoms with E-state index in [0.717, 1.165) is 4.47 Å². The topological polar surface area (TPSA) is 12.0 Å². The van der Waals surface area contributed by atoms with Gasteiger partial charge in [0, 0.05) is 10.5 Å². The van der Waals surface area contributed by atoms with Crippen LogP contribution in [0.3, 0.4) is 0 Å². The van der Waals surface area contributed by atoms with Crippen molar-refractivity contribution in [1.29, 1.82) is 0 Å². The number of alkyl halides is 3. The lowest BCUT2D eigenvalue weighted by molar-refractivity contribution is -0.140. The number of rotatable bonds is 4. The van der Waals surface area contributed by atoms with Gasteiger partial charge in [0.05, 0.1) is 6.42 Å². The molecule has 1 N–H and O–H groups in total. The molecule has 1 aromatic carbocycles. The summed E-state index contributed by atoms with van der Waals surface area (Å²) in [6.07, 6.45) is -5.00. The van der Waals surface area contributed by atoms with E-state index in [1.807, 2.05) is 0 Å². The Kier molecular flexibility index (Phi) is 4.80. The molecule has 0 bridgehead atoms. The van der Waals surface area contributed by atoms with Crippen molar-refractivity contribution in [3.63, 3.8) is 0 Å². The van der Waals surface area contributed by atoms with E-state index in [0.29, 0.717) is 12.1 Å². The molecule has 0 aliphatic carbocycles. The van der Waals surface area contributed by atoms with Gasteiger partial charge >= 0.3 is 6.18 Å². The molecular weight excluding hydrogens is 283 g/mol. The third-order valence-corrected chi connectivity index (χ3v) is 2.69. The van der Waals surface area contributed by atoms with Gasteiger partial charge in [-0.3, -0.25) is 0 Å². The zero-order chi connectivity index (χ0) is 12.2. The van der Waals surface area contributed by atoms with E-state index in [2.05, 4.69) is 21.2 Å². The van der Waals surface area contributed by atoms with Gasteiger partial charge in [0.15, 0.2) is 0 Å². The molecule has 90 valence electrons. The number of hydrogen-bond acceptors (Lipinski definition) is 1. The molecule has 0 radical (unpaired) electrons. The number of halogens is 4. The van der Waals surface area contributed by atoms with Gasteiger partial charge in [-0.1, -0.05) is 35.0 Å². The average molecular weight is 296 g/mol. The van der Waals surface area contributed by atoms with E-state index in [1.165, 1.54) is 0 Å². The van der Waals surface area contributed by atoms with Crippen molar-refractivity contribution in [1.82, 2.24) is 5.32 Å². The maximum atomic E-state index is 12.3. The molecule has 0 aliphatic heterocycles. The molecule has 0 fully saturated rings. The second kappa shape index (κ2) is 5.68. The van der Waals surface area contributed by atoms with Crippen molar-refractivity contribution in [2.24, 2.45) is 0 Å². The van der Waals surface area contributed by atoms with E-state index in [1.54, 1.807) is 31.2 Å². The Morgan fingerprint density at radius 3 is 2.25 bits per heavy atom. The molecule has 0 amide bonds. The van der Waals surface area contributed by atoms with Crippen molar-refractivity contribution < 1.29 is 13.2 Å². The molecule has 5 heteroatoms. The maximum Gasteiger partial charge on any atom is 0.390 e. The van der Waals surface area contributed by atoms with Gasteiger partial charge < -0.3 is 5.32 Å². The minimum absolute atomic E-state index is 0.511. The molecule has 1 rings (SSSR count). The van der Waals surface area contributed by atoms with Crippen molar-refractivity contribution in [3.05, 3.63) is 34.3 Å². The number of benzene rings is 1. The van der Waals surface area contributed by atoms with E-state index in [-0.39, 0.29) is 0 Å². The van der Waals surface area contributed by atoms with Crippen LogP contribution in [0, 0.1) is 0 Å². The second-order valence-corrected chi connectivity index (χ2v) is 4.40. The van der Waals surface area contributed by atoms with E-state index in [4.69, 9.17) is 0 Å². The molecular formula is C11H13BrF3N. The quantitative estimate of drug-likeness (QED) is 0.883. The lowest BCUT2D eigenvalue weighted by atomic mass is 10.0. The van der Waals surface area contributed by atoms with Crippen LogP contribution in [0.4, 0.5) is 13.2 Å². The van der Waals surface area contributed by atoms with E-state index < -0.39 is 18.6 Å². The molecule has 0 spiro atoms. The minimum Gasteiger partial charge on any atom is -0.310 e. The van der Waals surface area contributed by atoms with Gasteiger partial charge in [0.25, 0.3) is 0 Å². The smallest absolute Gasteiger partial charge is 0.310 e. The van der Waals surface area contributed by atoms with Crippen molar-refractivity contribution in [2.75, 3.05) is 6.54 Å². The van der Waals surface area contributed by atoms with Crippen LogP contribution >= 0.6 is 15.9 Å². The van der Waals surface area contributed by atoms with Gasteiger partial charge in [-0.25, -0.2) is 0 Å². The Bertz CT molecular complexity index is 321. The molecule has 1 aromatic rings. The first-order valence-corrected chi connectivity index (χ1v) is 5.77. The van der Waals surface area contributed by atoms with Gasteiger partial charge in [0.1, 0.15) is 0 Å². The normalized spacial score (nSPS) is 13.8. The molecule has 16 heavy (non-hydrogen) atoms. The van der Waals surface area contributed by atoms with Crippen molar-refractivity contribution in [2.45, 2.75) is 25.6 Å². The molecule has 0 aromatic heterocycles. The molecule has 1 nitrogen and oxygen atoms in total. The van der Waals surface area contributed by atoms with Crippen LogP contribution < -0.4 is 5.32 Å². The Balaban J connectivity index is 2.80. The summed E-state index contributed by atoms with van der Waals surface area (Å²) in [6, 6.07) is 6.22. The fourth-order valence-corrected chi connectivity index (χ4v) is 1.75. The zero-order valence-corrected chi connectivity index (χ0v) is 10.4. The fourth-order valence-electron chi connectivity index (χ4n) is 1.48. The van der Waals surface area contributed by atoms with Crippen molar-refractivity contribution in [3.8, 4) is 0 Å². The minimum atomic E-state index is -4.15. The summed E-state index contributed by atoms with van der Waals surface area (Å²) in [4.78, 5) is 0. The number of hydrogen-bond donors (Lipinski definition) is 1. The van der Waals surface area contributed by atoms with Crippen molar-refractivity contribution >= 4 is 15.9 Å². The Labute approximate surface area is 101 Å². The Morgan fingerprint density at radius 1 is 1.25 bits per heavy atom. The molecule has 0 aliphatic rings. The van der Waals surface area contributed by atoms with E-state index in [9.17, 15) is 13.2 Å². The van der Waals surface area contributed by atoms with Gasteiger partial charge in [-0.05, 0) is 24.2 Å². The van der Waals surface area contributed by atoms with Gasteiger partial charge in [-0.15, -0.1) is 0 Å². The summed E-state index contributed by atoms with van der Waals surface area (Å²) < 4.78 is 37.9. The molecule has 0 saturated carbocycles. The van der Waals surface area contributed by atoms with Crippen LogP contribution in [0.2, 0.25) is 0 Å². The second-order valence-electron chi connectivity index (χ2n) is 3.48. The lowest BCUT2D eigenvalue weighted by Gasteiger charge is -2.20. The van der Waals surface area contributed by atoms with Gasteiger partial charge in [-0.2, -0.15) is 13.2 Å². The third kappa shape index (κ3) is 4.53.